The molecule has 1 aliphatic rings. The number of allylic oxidation sites excluding steroid dienone is 9. The molecule has 2 rings (SSSR count). The van der Waals surface area contributed by atoms with Crippen LogP contribution in [0.3, 0.4) is 0 Å². The summed E-state index contributed by atoms with van der Waals surface area (Å²) in [6.07, 6.45) is 18.5. The number of carbonyl (C=O) groups is 1. The SMILES string of the molecule is CC1=C(/C=C/C(C)=C/C=C/C(C)=C/C(=O)O)[C@](C)(c2ccncc2)CCC1. The van der Waals surface area contributed by atoms with Crippen molar-refractivity contribution in [3.05, 3.63) is 88.8 Å². The highest BCUT2D eigenvalue weighted by molar-refractivity contribution is 5.81. The van der Waals surface area contributed by atoms with E-state index in [4.69, 9.17) is 5.11 Å². The maximum absolute atomic E-state index is 10.6. The monoisotopic (exact) mass is 363 g/mol. The second-order valence-electron chi connectivity index (χ2n) is 7.45. The maximum atomic E-state index is 10.6. The van der Waals surface area contributed by atoms with Crippen LogP contribution in [0, 0.1) is 0 Å². The number of hydrogen-bond donors (Lipinski definition) is 1. The molecule has 0 saturated carbocycles. The molecule has 27 heavy (non-hydrogen) atoms. The van der Waals surface area contributed by atoms with E-state index < -0.39 is 5.97 Å². The molecule has 1 aromatic heterocycles. The molecule has 0 amide bonds. The van der Waals surface area contributed by atoms with Gasteiger partial charge in [-0.2, -0.15) is 0 Å². The highest BCUT2D eigenvalue weighted by atomic mass is 16.4. The highest BCUT2D eigenvalue weighted by Crippen LogP contribution is 2.43. The zero-order valence-corrected chi connectivity index (χ0v) is 16.7. The molecule has 142 valence electrons. The summed E-state index contributed by atoms with van der Waals surface area (Å²) in [4.78, 5) is 14.8. The molecule has 3 nitrogen and oxygen atoms in total. The van der Waals surface area contributed by atoms with Gasteiger partial charge < -0.3 is 5.11 Å². The van der Waals surface area contributed by atoms with Crippen LogP contribution in [0.5, 0.6) is 0 Å². The van der Waals surface area contributed by atoms with Crippen LogP contribution in [0.15, 0.2) is 83.3 Å². The molecule has 0 fully saturated rings. The maximum Gasteiger partial charge on any atom is 0.328 e. The first-order valence-corrected chi connectivity index (χ1v) is 9.38. The Bertz CT molecular complexity index is 825. The van der Waals surface area contributed by atoms with E-state index in [1.165, 1.54) is 29.2 Å². The molecule has 3 heteroatoms. The average Bonchev–Trinajstić information content (AvgIpc) is 2.61. The number of hydrogen-bond acceptors (Lipinski definition) is 2. The molecule has 0 spiro atoms. The quantitative estimate of drug-likeness (QED) is 0.503. The number of aliphatic carboxylic acids is 1. The Balaban J connectivity index is 2.23. The summed E-state index contributed by atoms with van der Waals surface area (Å²) >= 11 is 0. The van der Waals surface area contributed by atoms with Crippen molar-refractivity contribution in [1.82, 2.24) is 4.98 Å². The van der Waals surface area contributed by atoms with E-state index in [0.29, 0.717) is 5.57 Å². The molecule has 1 aliphatic carbocycles. The van der Waals surface area contributed by atoms with Crippen LogP contribution in [0.1, 0.15) is 52.5 Å². The molecule has 1 heterocycles. The van der Waals surface area contributed by atoms with Crippen molar-refractivity contribution >= 4 is 5.97 Å². The standard InChI is InChI=1S/C24H29NO2/c1-18(7-5-8-19(2)17-23(26)27)10-11-22-20(3)9-6-14-24(22,4)21-12-15-25-16-13-21/h5,7-8,10-13,15-17H,6,9,14H2,1-4H3,(H,26,27)/b8-5+,11-10+,18-7+,19-17+/t24-/m0/s1. The Labute approximate surface area is 162 Å². The second-order valence-corrected chi connectivity index (χ2v) is 7.45. The average molecular weight is 364 g/mol. The van der Waals surface area contributed by atoms with Gasteiger partial charge >= 0.3 is 5.97 Å². The van der Waals surface area contributed by atoms with Crippen molar-refractivity contribution < 1.29 is 9.90 Å². The lowest BCUT2D eigenvalue weighted by atomic mass is 9.67. The molecule has 0 aromatic carbocycles. The van der Waals surface area contributed by atoms with Crippen LogP contribution in [-0.2, 0) is 10.2 Å². The number of nitrogens with zero attached hydrogens (tertiary/aromatic N) is 1. The van der Waals surface area contributed by atoms with Crippen LogP contribution < -0.4 is 0 Å². The van der Waals surface area contributed by atoms with E-state index in [2.05, 4.69) is 50.0 Å². The van der Waals surface area contributed by atoms with E-state index in [-0.39, 0.29) is 5.41 Å². The minimum absolute atomic E-state index is 0.0126. The van der Waals surface area contributed by atoms with Crippen LogP contribution in [-0.4, -0.2) is 16.1 Å². The van der Waals surface area contributed by atoms with Crippen LogP contribution >= 0.6 is 0 Å². The number of aromatic nitrogens is 1. The van der Waals surface area contributed by atoms with E-state index in [0.717, 1.165) is 18.4 Å². The minimum Gasteiger partial charge on any atom is -0.478 e. The molecule has 0 aliphatic heterocycles. The van der Waals surface area contributed by atoms with Gasteiger partial charge in [0.25, 0.3) is 0 Å². The van der Waals surface area contributed by atoms with Crippen LogP contribution in [0.25, 0.3) is 0 Å². The van der Waals surface area contributed by atoms with Crippen molar-refractivity contribution in [1.29, 1.82) is 0 Å². The summed E-state index contributed by atoms with van der Waals surface area (Å²) < 4.78 is 0. The Kier molecular flexibility index (Phi) is 7.12. The number of pyridine rings is 1. The summed E-state index contributed by atoms with van der Waals surface area (Å²) in [5.74, 6) is -0.923. The van der Waals surface area contributed by atoms with Gasteiger partial charge in [0.05, 0.1) is 0 Å². The summed E-state index contributed by atoms with van der Waals surface area (Å²) in [7, 11) is 0. The molecular formula is C24H29NO2. The lowest BCUT2D eigenvalue weighted by molar-refractivity contribution is -0.131. The van der Waals surface area contributed by atoms with Crippen molar-refractivity contribution in [2.24, 2.45) is 0 Å². The van der Waals surface area contributed by atoms with Gasteiger partial charge in [0.15, 0.2) is 0 Å². The third-order valence-electron chi connectivity index (χ3n) is 5.18. The first-order valence-electron chi connectivity index (χ1n) is 9.38. The topological polar surface area (TPSA) is 50.2 Å². The van der Waals surface area contributed by atoms with Gasteiger partial charge in [0.2, 0.25) is 0 Å². The third-order valence-corrected chi connectivity index (χ3v) is 5.18. The summed E-state index contributed by atoms with van der Waals surface area (Å²) in [5, 5.41) is 8.74. The van der Waals surface area contributed by atoms with Gasteiger partial charge in [-0.15, -0.1) is 0 Å². The molecular weight excluding hydrogens is 334 g/mol. The molecule has 1 atom stereocenters. The van der Waals surface area contributed by atoms with Crippen LogP contribution in [0.4, 0.5) is 0 Å². The number of rotatable bonds is 6. The van der Waals surface area contributed by atoms with E-state index in [1.807, 2.05) is 24.5 Å². The van der Waals surface area contributed by atoms with Crippen molar-refractivity contribution in [3.8, 4) is 0 Å². The van der Waals surface area contributed by atoms with Gasteiger partial charge in [0, 0.05) is 23.9 Å². The fraction of sp³-hybridized carbons (Fsp3) is 0.333. The normalized spacial score (nSPS) is 22.1. The Hall–Kier alpha value is -2.68. The van der Waals surface area contributed by atoms with Gasteiger partial charge in [-0.3, -0.25) is 4.98 Å². The largest absolute Gasteiger partial charge is 0.478 e. The fourth-order valence-corrected chi connectivity index (χ4v) is 3.66. The summed E-state index contributed by atoms with van der Waals surface area (Å²) in [6.45, 7) is 8.39. The Morgan fingerprint density at radius 3 is 2.56 bits per heavy atom. The lowest BCUT2D eigenvalue weighted by Gasteiger charge is -2.37. The molecule has 1 aromatic rings. The third kappa shape index (κ3) is 5.65. The number of carboxylic acids is 1. The zero-order valence-electron chi connectivity index (χ0n) is 16.7. The van der Waals surface area contributed by atoms with Gasteiger partial charge in [-0.25, -0.2) is 4.79 Å². The smallest absolute Gasteiger partial charge is 0.328 e. The van der Waals surface area contributed by atoms with E-state index in [9.17, 15) is 4.79 Å². The van der Waals surface area contributed by atoms with Crippen molar-refractivity contribution in [2.75, 3.05) is 0 Å². The molecule has 0 bridgehead atoms. The Morgan fingerprint density at radius 1 is 1.19 bits per heavy atom. The molecule has 0 saturated heterocycles. The van der Waals surface area contributed by atoms with Crippen molar-refractivity contribution in [2.45, 2.75) is 52.4 Å². The first-order chi connectivity index (χ1) is 12.8. The molecule has 0 radical (unpaired) electrons. The fourth-order valence-electron chi connectivity index (χ4n) is 3.66. The zero-order chi connectivity index (χ0) is 19.9. The van der Waals surface area contributed by atoms with E-state index in [1.54, 1.807) is 13.0 Å². The lowest BCUT2D eigenvalue weighted by Crippen LogP contribution is -2.28. The molecule has 0 unspecified atom stereocenters. The van der Waals surface area contributed by atoms with Gasteiger partial charge in [-0.1, -0.05) is 48.5 Å². The van der Waals surface area contributed by atoms with Gasteiger partial charge in [0.1, 0.15) is 0 Å². The van der Waals surface area contributed by atoms with Crippen LogP contribution in [0.2, 0.25) is 0 Å². The highest BCUT2D eigenvalue weighted by Gasteiger charge is 2.33. The summed E-state index contributed by atoms with van der Waals surface area (Å²) in [5.41, 5.74) is 5.99. The predicted octanol–water partition coefficient (Wildman–Crippen LogP) is 5.93. The van der Waals surface area contributed by atoms with E-state index >= 15 is 0 Å². The molecule has 1 N–H and O–H groups in total. The van der Waals surface area contributed by atoms with Gasteiger partial charge in [-0.05, 0) is 68.9 Å². The van der Waals surface area contributed by atoms with Crippen molar-refractivity contribution in [3.63, 3.8) is 0 Å². The predicted molar refractivity (Wildman–Crippen MR) is 112 cm³/mol. The summed E-state index contributed by atoms with van der Waals surface area (Å²) in [6, 6.07) is 4.24. The second kappa shape index (κ2) is 9.31. The first kappa shape index (κ1) is 20.6. The number of carboxylic acid groups (broad SMARTS) is 1. The minimum atomic E-state index is -0.923. The Morgan fingerprint density at radius 2 is 1.89 bits per heavy atom.